The summed E-state index contributed by atoms with van der Waals surface area (Å²) in [6, 6.07) is 21.8. The highest BCUT2D eigenvalue weighted by Crippen LogP contribution is 2.31. The van der Waals surface area contributed by atoms with Crippen molar-refractivity contribution in [3.63, 3.8) is 0 Å². The zero-order valence-electron chi connectivity index (χ0n) is 14.1. The molecule has 26 heavy (non-hydrogen) atoms. The standard InChI is InChI=1S/C20H18ClNO2S2/c1-15-6-12-18(13-7-15)26(23,24)22-19-4-2-3-5-20(19)25-14-16-8-10-17(21)11-9-16/h2-13,22H,14H2,1H3. The Bertz CT molecular complexity index is 985. The van der Waals surface area contributed by atoms with Gasteiger partial charge in [0.25, 0.3) is 10.0 Å². The zero-order chi connectivity index (χ0) is 18.6. The van der Waals surface area contributed by atoms with E-state index in [0.717, 1.165) is 21.8 Å². The van der Waals surface area contributed by atoms with Crippen LogP contribution in [-0.2, 0) is 15.8 Å². The molecule has 0 fully saturated rings. The largest absolute Gasteiger partial charge is 0.278 e. The maximum absolute atomic E-state index is 12.6. The van der Waals surface area contributed by atoms with Crippen molar-refractivity contribution < 1.29 is 8.42 Å². The maximum Gasteiger partial charge on any atom is 0.261 e. The van der Waals surface area contributed by atoms with Crippen LogP contribution >= 0.6 is 23.4 Å². The number of hydrogen-bond donors (Lipinski definition) is 1. The number of halogens is 1. The van der Waals surface area contributed by atoms with Crippen LogP contribution < -0.4 is 4.72 Å². The first-order valence-corrected chi connectivity index (χ1v) is 10.8. The lowest BCUT2D eigenvalue weighted by Gasteiger charge is -2.12. The molecule has 0 saturated heterocycles. The Kier molecular flexibility index (Phi) is 5.91. The second kappa shape index (κ2) is 8.16. The summed E-state index contributed by atoms with van der Waals surface area (Å²) < 4.78 is 28.0. The molecule has 0 radical (unpaired) electrons. The molecule has 0 amide bonds. The molecule has 0 aliphatic heterocycles. The monoisotopic (exact) mass is 403 g/mol. The SMILES string of the molecule is Cc1ccc(S(=O)(=O)Nc2ccccc2SCc2ccc(Cl)cc2)cc1. The number of sulfonamides is 1. The summed E-state index contributed by atoms with van der Waals surface area (Å²) in [7, 11) is -3.62. The molecule has 0 atom stereocenters. The first-order valence-electron chi connectivity index (χ1n) is 8.00. The smallest absolute Gasteiger partial charge is 0.261 e. The molecule has 6 heteroatoms. The molecule has 0 saturated carbocycles. The Hall–Kier alpha value is -1.95. The molecule has 0 unspecified atom stereocenters. The van der Waals surface area contributed by atoms with Crippen LogP contribution in [0.5, 0.6) is 0 Å². The molecular formula is C20H18ClNO2S2. The minimum absolute atomic E-state index is 0.251. The predicted molar refractivity (Wildman–Crippen MR) is 109 cm³/mol. The topological polar surface area (TPSA) is 46.2 Å². The summed E-state index contributed by atoms with van der Waals surface area (Å²) >= 11 is 7.49. The van der Waals surface area contributed by atoms with Gasteiger partial charge in [-0.3, -0.25) is 4.72 Å². The fourth-order valence-corrected chi connectivity index (χ4v) is 4.57. The van der Waals surface area contributed by atoms with Gasteiger partial charge in [0.05, 0.1) is 10.6 Å². The van der Waals surface area contributed by atoms with Crippen molar-refractivity contribution in [1.82, 2.24) is 0 Å². The van der Waals surface area contributed by atoms with E-state index in [1.807, 2.05) is 49.4 Å². The van der Waals surface area contributed by atoms with E-state index in [-0.39, 0.29) is 4.90 Å². The van der Waals surface area contributed by atoms with Gasteiger partial charge in [-0.1, -0.05) is 53.6 Å². The zero-order valence-corrected chi connectivity index (χ0v) is 16.5. The molecule has 0 aliphatic carbocycles. The lowest BCUT2D eigenvalue weighted by molar-refractivity contribution is 0.601. The van der Waals surface area contributed by atoms with Crippen LogP contribution in [0.4, 0.5) is 5.69 Å². The number of anilines is 1. The van der Waals surface area contributed by atoms with Crippen molar-refractivity contribution in [2.24, 2.45) is 0 Å². The predicted octanol–water partition coefficient (Wildman–Crippen LogP) is 5.74. The Morgan fingerprint density at radius 3 is 2.27 bits per heavy atom. The van der Waals surface area contributed by atoms with Crippen LogP contribution in [0.25, 0.3) is 0 Å². The summed E-state index contributed by atoms with van der Waals surface area (Å²) in [5.41, 5.74) is 2.71. The van der Waals surface area contributed by atoms with Crippen LogP contribution in [0, 0.1) is 6.92 Å². The van der Waals surface area contributed by atoms with Crippen LogP contribution in [0.3, 0.4) is 0 Å². The van der Waals surface area contributed by atoms with E-state index >= 15 is 0 Å². The van der Waals surface area contributed by atoms with Gasteiger partial charge in [0.1, 0.15) is 0 Å². The van der Waals surface area contributed by atoms with Gasteiger partial charge in [-0.15, -0.1) is 11.8 Å². The highest BCUT2D eigenvalue weighted by molar-refractivity contribution is 7.98. The quantitative estimate of drug-likeness (QED) is 0.533. The summed E-state index contributed by atoms with van der Waals surface area (Å²) in [4.78, 5) is 1.12. The molecule has 0 aromatic heterocycles. The van der Waals surface area contributed by atoms with Crippen molar-refractivity contribution >= 4 is 39.1 Å². The minimum Gasteiger partial charge on any atom is -0.278 e. The van der Waals surface area contributed by atoms with Crippen molar-refractivity contribution in [3.8, 4) is 0 Å². The normalized spacial score (nSPS) is 11.3. The lowest BCUT2D eigenvalue weighted by atomic mass is 10.2. The molecule has 0 aliphatic rings. The number of aryl methyl sites for hydroxylation is 1. The van der Waals surface area contributed by atoms with Gasteiger partial charge < -0.3 is 0 Å². The van der Waals surface area contributed by atoms with Gasteiger partial charge in [-0.05, 0) is 48.9 Å². The number of para-hydroxylation sites is 1. The molecule has 0 heterocycles. The van der Waals surface area contributed by atoms with E-state index in [4.69, 9.17) is 11.6 Å². The Labute approximate surface area is 163 Å². The van der Waals surface area contributed by atoms with Gasteiger partial charge >= 0.3 is 0 Å². The van der Waals surface area contributed by atoms with Crippen molar-refractivity contribution in [2.45, 2.75) is 22.5 Å². The van der Waals surface area contributed by atoms with E-state index < -0.39 is 10.0 Å². The van der Waals surface area contributed by atoms with E-state index in [9.17, 15) is 8.42 Å². The highest BCUT2D eigenvalue weighted by atomic mass is 35.5. The minimum atomic E-state index is -3.62. The average molecular weight is 404 g/mol. The number of thioether (sulfide) groups is 1. The number of rotatable bonds is 6. The van der Waals surface area contributed by atoms with Gasteiger partial charge in [0.15, 0.2) is 0 Å². The van der Waals surface area contributed by atoms with Crippen molar-refractivity contribution in [1.29, 1.82) is 0 Å². The first kappa shape index (κ1) is 18.8. The molecule has 3 aromatic carbocycles. The Morgan fingerprint density at radius 2 is 1.58 bits per heavy atom. The lowest BCUT2D eigenvalue weighted by Crippen LogP contribution is -2.13. The fraction of sp³-hybridized carbons (Fsp3) is 0.100. The number of hydrogen-bond acceptors (Lipinski definition) is 3. The van der Waals surface area contributed by atoms with Gasteiger partial charge in [-0.25, -0.2) is 8.42 Å². The van der Waals surface area contributed by atoms with E-state index in [0.29, 0.717) is 10.7 Å². The Balaban J connectivity index is 1.78. The average Bonchev–Trinajstić information content (AvgIpc) is 2.62. The molecule has 0 spiro atoms. The maximum atomic E-state index is 12.6. The summed E-state index contributed by atoms with van der Waals surface area (Å²) in [6.07, 6.45) is 0. The molecule has 3 nitrogen and oxygen atoms in total. The van der Waals surface area contributed by atoms with Gasteiger partial charge in [-0.2, -0.15) is 0 Å². The van der Waals surface area contributed by atoms with E-state index in [2.05, 4.69) is 4.72 Å². The third-order valence-electron chi connectivity index (χ3n) is 3.77. The molecule has 1 N–H and O–H groups in total. The van der Waals surface area contributed by atoms with Crippen LogP contribution in [0.15, 0.2) is 82.6 Å². The summed E-state index contributed by atoms with van der Waals surface area (Å²) in [5, 5.41) is 0.699. The van der Waals surface area contributed by atoms with Crippen LogP contribution in [0.1, 0.15) is 11.1 Å². The van der Waals surface area contributed by atoms with Crippen LogP contribution in [-0.4, -0.2) is 8.42 Å². The second-order valence-electron chi connectivity index (χ2n) is 5.83. The third-order valence-corrected chi connectivity index (χ3v) is 6.55. The fourth-order valence-electron chi connectivity index (χ4n) is 2.34. The number of nitrogens with one attached hydrogen (secondary N) is 1. The summed E-state index contributed by atoms with van der Waals surface area (Å²) in [5.74, 6) is 0.723. The van der Waals surface area contributed by atoms with Gasteiger partial charge in [0.2, 0.25) is 0 Å². The second-order valence-corrected chi connectivity index (χ2v) is 8.97. The van der Waals surface area contributed by atoms with Gasteiger partial charge in [0, 0.05) is 15.7 Å². The first-order chi connectivity index (χ1) is 12.4. The molecule has 0 bridgehead atoms. The summed E-state index contributed by atoms with van der Waals surface area (Å²) in [6.45, 7) is 1.92. The molecule has 3 aromatic rings. The third kappa shape index (κ3) is 4.81. The highest BCUT2D eigenvalue weighted by Gasteiger charge is 2.15. The molecule has 134 valence electrons. The van der Waals surface area contributed by atoms with E-state index in [1.54, 1.807) is 42.1 Å². The Morgan fingerprint density at radius 1 is 0.923 bits per heavy atom. The molecular weight excluding hydrogens is 386 g/mol. The molecule has 3 rings (SSSR count). The van der Waals surface area contributed by atoms with E-state index in [1.165, 1.54) is 0 Å². The van der Waals surface area contributed by atoms with Crippen LogP contribution in [0.2, 0.25) is 5.02 Å². The number of benzene rings is 3. The van der Waals surface area contributed by atoms with Crippen molar-refractivity contribution in [3.05, 3.63) is 88.9 Å². The van der Waals surface area contributed by atoms with Crippen molar-refractivity contribution in [2.75, 3.05) is 4.72 Å².